The van der Waals surface area contributed by atoms with Gasteiger partial charge in [0.25, 0.3) is 0 Å². The van der Waals surface area contributed by atoms with E-state index in [0.29, 0.717) is 16.9 Å². The summed E-state index contributed by atoms with van der Waals surface area (Å²) in [6.07, 6.45) is 12.7. The summed E-state index contributed by atoms with van der Waals surface area (Å²) in [7, 11) is -3.63. The first kappa shape index (κ1) is 23.5. The summed E-state index contributed by atoms with van der Waals surface area (Å²) in [5, 5.41) is 19.3. The Labute approximate surface area is 199 Å². The van der Waals surface area contributed by atoms with Crippen molar-refractivity contribution in [2.75, 3.05) is 6.54 Å². The highest BCUT2D eigenvalue weighted by atomic mass is 32.2. The van der Waals surface area contributed by atoms with E-state index in [-0.39, 0.29) is 11.0 Å². The van der Waals surface area contributed by atoms with Crippen LogP contribution in [0.3, 0.4) is 0 Å². The van der Waals surface area contributed by atoms with Crippen LogP contribution in [0.25, 0.3) is 0 Å². The molecule has 1 aromatic rings. The van der Waals surface area contributed by atoms with Crippen molar-refractivity contribution in [2.45, 2.75) is 88.7 Å². The monoisotopic (exact) mass is 472 g/mol. The van der Waals surface area contributed by atoms with Crippen LogP contribution in [0.2, 0.25) is 0 Å². The van der Waals surface area contributed by atoms with Crippen molar-refractivity contribution in [1.29, 1.82) is 0 Å². The summed E-state index contributed by atoms with van der Waals surface area (Å²) >= 11 is 0. The van der Waals surface area contributed by atoms with Crippen LogP contribution < -0.4 is 10.5 Å². The second-order valence-electron chi connectivity index (χ2n) is 11.7. The predicted octanol–water partition coefficient (Wildman–Crippen LogP) is 4.16. The molecule has 0 saturated heterocycles. The molecule has 6 heteroatoms. The number of sulfonamides is 1. The second kappa shape index (κ2) is 8.47. The van der Waals surface area contributed by atoms with Crippen LogP contribution in [0.5, 0.6) is 0 Å². The molecule has 1 aromatic carbocycles. The van der Waals surface area contributed by atoms with Gasteiger partial charge in [-0.3, -0.25) is 0 Å². The minimum atomic E-state index is -3.63. The number of allylic oxidation sites excluding steroid dienone is 1. The molecule has 0 aromatic heterocycles. The third-order valence-electron chi connectivity index (χ3n) is 10.1. The topological polar surface area (TPSA) is 92.4 Å². The van der Waals surface area contributed by atoms with E-state index in [1.807, 2.05) is 12.1 Å². The number of aliphatic hydroxyl groups excluding tert-OH is 1. The molecule has 0 radical (unpaired) electrons. The molecule has 0 spiro atoms. The number of nitrogens with one attached hydrogen (secondary N) is 1. The van der Waals surface area contributed by atoms with Crippen LogP contribution in [-0.4, -0.2) is 32.2 Å². The van der Waals surface area contributed by atoms with Gasteiger partial charge < -0.3 is 10.4 Å². The summed E-state index contributed by atoms with van der Waals surface area (Å²) in [6, 6.07) is 7.51. The molecule has 0 bridgehead atoms. The Morgan fingerprint density at radius 2 is 1.82 bits per heavy atom. The highest BCUT2D eigenvalue weighted by molar-refractivity contribution is 7.89. The molecule has 33 heavy (non-hydrogen) atoms. The Morgan fingerprint density at radius 1 is 1.06 bits per heavy atom. The van der Waals surface area contributed by atoms with E-state index in [0.717, 1.165) is 55.5 Å². The van der Waals surface area contributed by atoms with E-state index in [4.69, 9.17) is 5.14 Å². The molecular formula is C27H40N2O3S. The number of hydrogen-bond acceptors (Lipinski definition) is 4. The Morgan fingerprint density at radius 3 is 2.55 bits per heavy atom. The number of nitrogens with two attached hydrogens (primary N) is 1. The van der Waals surface area contributed by atoms with Crippen LogP contribution >= 0.6 is 0 Å². The van der Waals surface area contributed by atoms with Crippen LogP contribution in [0.4, 0.5) is 0 Å². The second-order valence-corrected chi connectivity index (χ2v) is 13.3. The molecule has 3 fully saturated rings. The lowest BCUT2D eigenvalue weighted by atomic mass is 9.48. The quantitative estimate of drug-likeness (QED) is 0.561. The molecule has 0 amide bonds. The first-order chi connectivity index (χ1) is 15.6. The molecule has 5 rings (SSSR count). The molecular weight excluding hydrogens is 432 g/mol. The fourth-order valence-corrected chi connectivity index (χ4v) is 8.73. The van der Waals surface area contributed by atoms with Gasteiger partial charge in [-0.25, -0.2) is 13.6 Å². The maximum Gasteiger partial charge on any atom is 0.238 e. The molecule has 0 heterocycles. The van der Waals surface area contributed by atoms with Crippen molar-refractivity contribution in [2.24, 2.45) is 33.7 Å². The van der Waals surface area contributed by atoms with Crippen LogP contribution in [-0.2, 0) is 16.4 Å². The standard InChI is InChI=1S/C27H40N2O3S/c1-26-14-11-20(30)17-19(26)5-8-22-23-9-10-25(27(23,2)15-12-24(22)26)29-16-13-18-3-6-21(7-4-18)33(28,31)32/h3-7,20,22-25,29-30H,8-17H2,1-2H3,(H2,28,31,32)/t20-,22-,23-,24-,25-,26-,27-/m0/s1. The van der Waals surface area contributed by atoms with E-state index < -0.39 is 10.0 Å². The first-order valence-corrected chi connectivity index (χ1v) is 14.4. The van der Waals surface area contributed by atoms with E-state index in [1.165, 1.54) is 32.1 Å². The molecule has 7 atom stereocenters. The number of benzene rings is 1. The minimum absolute atomic E-state index is 0.134. The van der Waals surface area contributed by atoms with Gasteiger partial charge in [0.1, 0.15) is 0 Å². The average Bonchev–Trinajstić information content (AvgIpc) is 3.10. The van der Waals surface area contributed by atoms with Gasteiger partial charge in [0.05, 0.1) is 11.0 Å². The van der Waals surface area contributed by atoms with E-state index in [1.54, 1.807) is 17.7 Å². The predicted molar refractivity (Wildman–Crippen MR) is 131 cm³/mol. The zero-order chi connectivity index (χ0) is 23.4. The third kappa shape index (κ3) is 4.11. The van der Waals surface area contributed by atoms with Crippen molar-refractivity contribution in [3.05, 3.63) is 41.5 Å². The van der Waals surface area contributed by atoms with Crippen LogP contribution in [0.1, 0.15) is 70.8 Å². The Bertz CT molecular complexity index is 1020. The zero-order valence-electron chi connectivity index (χ0n) is 20.1. The van der Waals surface area contributed by atoms with Crippen molar-refractivity contribution in [3.63, 3.8) is 0 Å². The Balaban J connectivity index is 1.23. The number of hydrogen-bond donors (Lipinski definition) is 3. The van der Waals surface area contributed by atoms with Gasteiger partial charge in [-0.15, -0.1) is 0 Å². The third-order valence-corrected chi connectivity index (χ3v) is 11.1. The molecule has 3 saturated carbocycles. The molecule has 5 nitrogen and oxygen atoms in total. The normalized spacial score (nSPS) is 40.5. The lowest BCUT2D eigenvalue weighted by Crippen LogP contribution is -2.53. The number of aliphatic hydroxyl groups is 1. The summed E-state index contributed by atoms with van der Waals surface area (Å²) in [5.74, 6) is 2.34. The van der Waals surface area contributed by atoms with Gasteiger partial charge in [-0.2, -0.15) is 0 Å². The fraction of sp³-hybridized carbons (Fsp3) is 0.704. The highest BCUT2D eigenvalue weighted by Crippen LogP contribution is 2.64. The van der Waals surface area contributed by atoms with Gasteiger partial charge in [-0.05, 0) is 111 Å². The number of primary sulfonamides is 1. The first-order valence-electron chi connectivity index (χ1n) is 12.8. The maximum absolute atomic E-state index is 11.5. The van der Waals surface area contributed by atoms with Crippen molar-refractivity contribution >= 4 is 10.0 Å². The zero-order valence-corrected chi connectivity index (χ0v) is 20.9. The van der Waals surface area contributed by atoms with Gasteiger partial charge >= 0.3 is 0 Å². The maximum atomic E-state index is 11.5. The summed E-state index contributed by atoms with van der Waals surface area (Å²) < 4.78 is 22.9. The van der Waals surface area contributed by atoms with Gasteiger partial charge in [-0.1, -0.05) is 37.6 Å². The van der Waals surface area contributed by atoms with Crippen LogP contribution in [0, 0.1) is 28.6 Å². The molecule has 4 aliphatic rings. The Kier molecular flexibility index (Phi) is 6.04. The SMILES string of the molecule is C[C@]12CC[C@H]3[C@@H](CC=C4C[C@@H](O)CC[C@@]43C)[C@@H]1CC[C@@H]2NCCc1ccc(S(N)(=O)=O)cc1. The Hall–Kier alpha value is -1.21. The number of fused-ring (bicyclic) bond motifs is 5. The highest BCUT2D eigenvalue weighted by Gasteiger charge is 2.58. The largest absolute Gasteiger partial charge is 0.393 e. The lowest BCUT2D eigenvalue weighted by molar-refractivity contribution is -0.0432. The molecule has 4 N–H and O–H groups in total. The van der Waals surface area contributed by atoms with Gasteiger partial charge in [0.15, 0.2) is 0 Å². The number of rotatable bonds is 5. The van der Waals surface area contributed by atoms with Gasteiger partial charge in [0, 0.05) is 6.04 Å². The van der Waals surface area contributed by atoms with Gasteiger partial charge in [0.2, 0.25) is 10.0 Å². The molecule has 4 aliphatic carbocycles. The molecule has 0 aliphatic heterocycles. The molecule has 182 valence electrons. The van der Waals surface area contributed by atoms with E-state index in [2.05, 4.69) is 25.2 Å². The summed E-state index contributed by atoms with van der Waals surface area (Å²) in [4.78, 5) is 0.174. The summed E-state index contributed by atoms with van der Waals surface area (Å²) in [5.41, 5.74) is 3.34. The average molecular weight is 473 g/mol. The van der Waals surface area contributed by atoms with Crippen molar-refractivity contribution in [1.82, 2.24) is 5.32 Å². The van der Waals surface area contributed by atoms with E-state index >= 15 is 0 Å². The lowest BCUT2D eigenvalue weighted by Gasteiger charge is -2.58. The fourth-order valence-electron chi connectivity index (χ4n) is 8.21. The van der Waals surface area contributed by atoms with Crippen LogP contribution in [0.15, 0.2) is 40.8 Å². The molecule has 0 unspecified atom stereocenters. The smallest absolute Gasteiger partial charge is 0.238 e. The van der Waals surface area contributed by atoms with E-state index in [9.17, 15) is 13.5 Å². The minimum Gasteiger partial charge on any atom is -0.393 e. The summed E-state index contributed by atoms with van der Waals surface area (Å²) in [6.45, 7) is 5.94. The van der Waals surface area contributed by atoms with Crippen molar-refractivity contribution < 1.29 is 13.5 Å². The van der Waals surface area contributed by atoms with Crippen molar-refractivity contribution in [3.8, 4) is 0 Å².